The molecule has 0 unspecified atom stereocenters. The highest BCUT2D eigenvalue weighted by atomic mass is 16.5. The highest BCUT2D eigenvalue weighted by Crippen LogP contribution is 2.19. The van der Waals surface area contributed by atoms with Crippen molar-refractivity contribution in [1.29, 1.82) is 0 Å². The minimum Gasteiger partial charge on any atom is -0.497 e. The second-order valence-corrected chi connectivity index (χ2v) is 7.01. The quantitative estimate of drug-likeness (QED) is 0.393. The van der Waals surface area contributed by atoms with Crippen LogP contribution in [0, 0.1) is 0 Å². The molecule has 0 atom stereocenters. The summed E-state index contributed by atoms with van der Waals surface area (Å²) in [5.74, 6) is -0.358. The molecule has 0 N–H and O–H groups in total. The van der Waals surface area contributed by atoms with Gasteiger partial charge in [0.25, 0.3) is 0 Å². The first-order chi connectivity index (χ1) is 15.4. The average molecular weight is 434 g/mol. The molecule has 0 aliphatic carbocycles. The van der Waals surface area contributed by atoms with E-state index in [2.05, 4.69) is 0 Å². The lowest BCUT2D eigenvalue weighted by Gasteiger charge is -2.09. The van der Waals surface area contributed by atoms with E-state index in [0.717, 1.165) is 0 Å². The molecule has 3 aromatic rings. The number of ether oxygens (including phenoxy) is 4. The molecule has 0 radical (unpaired) electrons. The van der Waals surface area contributed by atoms with E-state index in [0.29, 0.717) is 16.9 Å². The second kappa shape index (κ2) is 10.3. The number of esters is 3. The Labute approximate surface area is 185 Å². The van der Waals surface area contributed by atoms with Gasteiger partial charge in [0.1, 0.15) is 17.2 Å². The number of hydrogen-bond donors (Lipinski definition) is 0. The van der Waals surface area contributed by atoms with Crippen LogP contribution in [0.5, 0.6) is 17.2 Å². The number of methoxy groups -OCH3 is 1. The number of carbonyl (C=O) groups is 3. The van der Waals surface area contributed by atoms with Gasteiger partial charge in [-0.05, 0) is 86.6 Å². The van der Waals surface area contributed by atoms with E-state index in [-0.39, 0.29) is 23.2 Å². The fourth-order valence-electron chi connectivity index (χ4n) is 2.66. The zero-order valence-electron chi connectivity index (χ0n) is 17.9. The van der Waals surface area contributed by atoms with E-state index in [1.165, 1.54) is 48.5 Å². The van der Waals surface area contributed by atoms with Gasteiger partial charge < -0.3 is 18.9 Å². The third-order valence-electron chi connectivity index (χ3n) is 4.27. The smallest absolute Gasteiger partial charge is 0.343 e. The van der Waals surface area contributed by atoms with Gasteiger partial charge in [-0.2, -0.15) is 0 Å². The number of rotatable bonds is 7. The Hall–Kier alpha value is -4.13. The van der Waals surface area contributed by atoms with Gasteiger partial charge in [0.05, 0.1) is 29.9 Å². The van der Waals surface area contributed by atoms with Gasteiger partial charge in [-0.1, -0.05) is 0 Å². The molecule has 3 rings (SSSR count). The van der Waals surface area contributed by atoms with Crippen molar-refractivity contribution in [1.82, 2.24) is 0 Å². The SMILES string of the molecule is COc1ccc(C(=O)Oc2ccc(C(=O)Oc3ccc(C(=O)OC(C)C)cc3)cc2)cc1. The van der Waals surface area contributed by atoms with Crippen molar-refractivity contribution in [3.05, 3.63) is 89.5 Å². The van der Waals surface area contributed by atoms with Crippen molar-refractivity contribution >= 4 is 17.9 Å². The largest absolute Gasteiger partial charge is 0.497 e. The monoisotopic (exact) mass is 434 g/mol. The predicted molar refractivity (Wildman–Crippen MR) is 116 cm³/mol. The Morgan fingerprint density at radius 1 is 0.562 bits per heavy atom. The van der Waals surface area contributed by atoms with E-state index in [4.69, 9.17) is 18.9 Å². The van der Waals surface area contributed by atoms with Gasteiger partial charge in [0.2, 0.25) is 0 Å². The molecule has 0 aromatic heterocycles. The first-order valence-corrected chi connectivity index (χ1v) is 9.85. The van der Waals surface area contributed by atoms with E-state index < -0.39 is 17.9 Å². The van der Waals surface area contributed by atoms with Crippen LogP contribution in [-0.2, 0) is 4.74 Å². The van der Waals surface area contributed by atoms with E-state index in [1.807, 2.05) is 0 Å². The van der Waals surface area contributed by atoms with Crippen molar-refractivity contribution < 1.29 is 33.3 Å². The summed E-state index contributed by atoms with van der Waals surface area (Å²) in [5, 5.41) is 0. The van der Waals surface area contributed by atoms with Crippen LogP contribution in [0.1, 0.15) is 44.9 Å². The third kappa shape index (κ3) is 5.95. The molecule has 0 amide bonds. The summed E-state index contributed by atoms with van der Waals surface area (Å²) < 4.78 is 20.8. The maximum atomic E-state index is 12.4. The minimum absolute atomic E-state index is 0.224. The average Bonchev–Trinajstić information content (AvgIpc) is 2.79. The standard InChI is InChI=1S/C25H22O7/c1-16(2)30-23(26)17-6-12-21(13-7-17)32-25(28)19-8-14-22(15-9-19)31-24(27)18-4-10-20(29-3)11-5-18/h4-16H,1-3H3. The topological polar surface area (TPSA) is 88.1 Å². The molecule has 164 valence electrons. The Morgan fingerprint density at radius 3 is 1.25 bits per heavy atom. The van der Waals surface area contributed by atoms with Crippen LogP contribution in [0.25, 0.3) is 0 Å². The van der Waals surface area contributed by atoms with Gasteiger partial charge in [0, 0.05) is 0 Å². The number of carbonyl (C=O) groups excluding carboxylic acids is 3. The second-order valence-electron chi connectivity index (χ2n) is 7.01. The van der Waals surface area contributed by atoms with Crippen LogP contribution in [0.15, 0.2) is 72.8 Å². The Kier molecular flexibility index (Phi) is 7.23. The van der Waals surface area contributed by atoms with Crippen molar-refractivity contribution in [2.75, 3.05) is 7.11 Å². The van der Waals surface area contributed by atoms with Crippen LogP contribution in [-0.4, -0.2) is 31.1 Å². The molecule has 0 saturated heterocycles. The first-order valence-electron chi connectivity index (χ1n) is 9.85. The van der Waals surface area contributed by atoms with Crippen LogP contribution in [0.3, 0.4) is 0 Å². The molecule has 0 aliphatic heterocycles. The summed E-state index contributed by atoms with van der Waals surface area (Å²) in [6.07, 6.45) is -0.224. The molecule has 3 aromatic carbocycles. The van der Waals surface area contributed by atoms with Gasteiger partial charge in [-0.3, -0.25) is 0 Å². The normalized spacial score (nSPS) is 10.4. The molecule has 0 saturated carbocycles. The Balaban J connectivity index is 1.58. The first kappa shape index (κ1) is 22.6. The minimum atomic E-state index is -0.587. The van der Waals surface area contributed by atoms with Crippen molar-refractivity contribution in [2.24, 2.45) is 0 Å². The molecule has 0 bridgehead atoms. The summed E-state index contributed by atoms with van der Waals surface area (Å²) >= 11 is 0. The zero-order chi connectivity index (χ0) is 23.1. The van der Waals surface area contributed by atoms with Crippen LogP contribution >= 0.6 is 0 Å². The summed E-state index contributed by atoms with van der Waals surface area (Å²) in [4.78, 5) is 36.4. The highest BCUT2D eigenvalue weighted by Gasteiger charge is 2.13. The molecular formula is C25H22O7. The Bertz CT molecular complexity index is 1080. The highest BCUT2D eigenvalue weighted by molar-refractivity contribution is 5.93. The molecule has 32 heavy (non-hydrogen) atoms. The van der Waals surface area contributed by atoms with Crippen molar-refractivity contribution in [3.8, 4) is 17.2 Å². The van der Waals surface area contributed by atoms with Gasteiger partial charge >= 0.3 is 17.9 Å². The van der Waals surface area contributed by atoms with E-state index in [1.54, 1.807) is 45.2 Å². The van der Waals surface area contributed by atoms with Crippen LogP contribution in [0.4, 0.5) is 0 Å². The molecule has 0 heterocycles. The number of hydrogen-bond acceptors (Lipinski definition) is 7. The maximum Gasteiger partial charge on any atom is 0.343 e. The Morgan fingerprint density at radius 2 is 0.906 bits per heavy atom. The molecule has 0 spiro atoms. The van der Waals surface area contributed by atoms with E-state index >= 15 is 0 Å². The lowest BCUT2D eigenvalue weighted by atomic mass is 10.2. The number of benzene rings is 3. The van der Waals surface area contributed by atoms with Crippen molar-refractivity contribution in [3.63, 3.8) is 0 Å². The van der Waals surface area contributed by atoms with Gasteiger partial charge in [-0.25, -0.2) is 14.4 Å². The van der Waals surface area contributed by atoms with Crippen molar-refractivity contribution in [2.45, 2.75) is 20.0 Å². The molecule has 7 heteroatoms. The van der Waals surface area contributed by atoms with Gasteiger partial charge in [0.15, 0.2) is 0 Å². The molecular weight excluding hydrogens is 412 g/mol. The van der Waals surface area contributed by atoms with Gasteiger partial charge in [-0.15, -0.1) is 0 Å². The molecule has 0 aliphatic rings. The summed E-state index contributed by atoms with van der Waals surface area (Å²) in [6, 6.07) is 18.6. The summed E-state index contributed by atoms with van der Waals surface area (Å²) in [5.41, 5.74) is 1.01. The van der Waals surface area contributed by atoms with E-state index in [9.17, 15) is 14.4 Å². The lowest BCUT2D eigenvalue weighted by molar-refractivity contribution is 0.0377. The lowest BCUT2D eigenvalue weighted by Crippen LogP contribution is -2.12. The van der Waals surface area contributed by atoms with Crippen LogP contribution < -0.4 is 14.2 Å². The zero-order valence-corrected chi connectivity index (χ0v) is 17.9. The fraction of sp³-hybridized carbons (Fsp3) is 0.160. The third-order valence-corrected chi connectivity index (χ3v) is 4.27. The fourth-order valence-corrected chi connectivity index (χ4v) is 2.66. The maximum absolute atomic E-state index is 12.4. The predicted octanol–water partition coefficient (Wildman–Crippen LogP) is 4.70. The molecule has 7 nitrogen and oxygen atoms in total. The summed E-state index contributed by atoms with van der Waals surface area (Å²) in [6.45, 7) is 3.53. The summed E-state index contributed by atoms with van der Waals surface area (Å²) in [7, 11) is 1.54. The molecule has 0 fully saturated rings. The van der Waals surface area contributed by atoms with Crippen LogP contribution in [0.2, 0.25) is 0 Å².